The van der Waals surface area contributed by atoms with Crippen LogP contribution in [0.25, 0.3) is 11.3 Å². The summed E-state index contributed by atoms with van der Waals surface area (Å²) in [5.41, 5.74) is 8.03. The first-order valence-electron chi connectivity index (χ1n) is 10.9. The van der Waals surface area contributed by atoms with Crippen molar-refractivity contribution in [2.24, 2.45) is 10.9 Å². The smallest absolute Gasteiger partial charge is 0.180 e. The summed E-state index contributed by atoms with van der Waals surface area (Å²) in [6.45, 7) is 2.18. The van der Waals surface area contributed by atoms with Gasteiger partial charge in [-0.2, -0.15) is 0 Å². The van der Waals surface area contributed by atoms with E-state index in [0.29, 0.717) is 33.8 Å². The highest BCUT2D eigenvalue weighted by Crippen LogP contribution is 2.46. The van der Waals surface area contributed by atoms with E-state index in [2.05, 4.69) is 15.2 Å². The third kappa shape index (κ3) is 4.71. The van der Waals surface area contributed by atoms with E-state index >= 15 is 0 Å². The summed E-state index contributed by atoms with van der Waals surface area (Å²) >= 11 is 14.4. The Morgan fingerprint density at radius 1 is 1.18 bits per heavy atom. The van der Waals surface area contributed by atoms with Crippen molar-refractivity contribution >= 4 is 45.4 Å². The predicted octanol–water partition coefficient (Wildman–Crippen LogP) is 5.87. The monoisotopic (exact) mass is 506 g/mol. The summed E-state index contributed by atoms with van der Waals surface area (Å²) in [5.74, 6) is 1.43. The van der Waals surface area contributed by atoms with Gasteiger partial charge in [0.2, 0.25) is 0 Å². The fourth-order valence-corrected chi connectivity index (χ4v) is 5.71. The number of anilines is 1. The number of benzene rings is 1. The maximum absolute atomic E-state index is 8.87. The molecule has 10 heteroatoms. The highest BCUT2D eigenvalue weighted by atomic mass is 35.5. The average Bonchev–Trinajstić information content (AvgIpc) is 3.39. The number of hydrogen-bond donors (Lipinski definition) is 2. The van der Waals surface area contributed by atoms with Crippen molar-refractivity contribution in [1.82, 2.24) is 5.16 Å². The van der Waals surface area contributed by atoms with E-state index in [0.717, 1.165) is 60.0 Å². The zero-order chi connectivity index (χ0) is 22.9. The van der Waals surface area contributed by atoms with Crippen LogP contribution in [0.5, 0.6) is 0 Å². The first-order valence-corrected chi connectivity index (χ1v) is 12.5. The van der Waals surface area contributed by atoms with Crippen LogP contribution in [-0.2, 0) is 11.3 Å². The van der Waals surface area contributed by atoms with E-state index in [1.54, 1.807) is 0 Å². The molecule has 3 heterocycles. The quantitative estimate of drug-likeness (QED) is 0.180. The SMILES string of the molecule is NC(=NO)c1ccc(N2CCC(OCc3c(-c4c(Cl)cccc4Cl)noc3C3CC3)CC2)s1. The molecule has 1 saturated heterocycles. The van der Waals surface area contributed by atoms with Crippen LogP contribution in [0.15, 0.2) is 40.0 Å². The minimum atomic E-state index is 0.138. The second kappa shape index (κ2) is 9.54. The van der Waals surface area contributed by atoms with E-state index in [1.165, 1.54) is 11.3 Å². The molecule has 1 aliphatic heterocycles. The summed E-state index contributed by atoms with van der Waals surface area (Å²) in [4.78, 5) is 3.07. The van der Waals surface area contributed by atoms with E-state index in [1.807, 2.05) is 30.3 Å². The van der Waals surface area contributed by atoms with Gasteiger partial charge >= 0.3 is 0 Å². The maximum atomic E-state index is 8.87. The van der Waals surface area contributed by atoms with Crippen LogP contribution < -0.4 is 10.6 Å². The normalized spacial score (nSPS) is 17.6. The van der Waals surface area contributed by atoms with Gasteiger partial charge in [-0.15, -0.1) is 11.3 Å². The summed E-state index contributed by atoms with van der Waals surface area (Å²) < 4.78 is 12.1. The minimum absolute atomic E-state index is 0.138. The van der Waals surface area contributed by atoms with Gasteiger partial charge in [0.15, 0.2) is 5.84 Å². The van der Waals surface area contributed by atoms with Gasteiger partial charge in [-0.25, -0.2) is 0 Å². The molecule has 0 unspecified atom stereocenters. The first-order chi connectivity index (χ1) is 16.0. The molecule has 3 N–H and O–H groups in total. The summed E-state index contributed by atoms with van der Waals surface area (Å²) in [6, 6.07) is 9.33. The van der Waals surface area contributed by atoms with Crippen molar-refractivity contribution in [3.8, 4) is 11.3 Å². The van der Waals surface area contributed by atoms with Gasteiger partial charge in [0.25, 0.3) is 0 Å². The van der Waals surface area contributed by atoms with Crippen LogP contribution in [0.1, 0.15) is 47.8 Å². The van der Waals surface area contributed by atoms with Crippen LogP contribution in [0.4, 0.5) is 5.00 Å². The minimum Gasteiger partial charge on any atom is -0.409 e. The highest BCUT2D eigenvalue weighted by molar-refractivity contribution is 7.18. The van der Waals surface area contributed by atoms with Crippen LogP contribution in [0.2, 0.25) is 10.0 Å². The largest absolute Gasteiger partial charge is 0.409 e. The molecule has 1 saturated carbocycles. The van der Waals surface area contributed by atoms with Crippen LogP contribution in [0, 0.1) is 0 Å². The van der Waals surface area contributed by atoms with E-state index in [9.17, 15) is 0 Å². The molecular formula is C23H24Cl2N4O3S. The van der Waals surface area contributed by atoms with Crippen LogP contribution >= 0.6 is 34.5 Å². The third-order valence-corrected chi connectivity index (χ3v) is 7.93. The Morgan fingerprint density at radius 2 is 1.91 bits per heavy atom. The van der Waals surface area contributed by atoms with Crippen molar-refractivity contribution in [1.29, 1.82) is 0 Å². The van der Waals surface area contributed by atoms with Crippen LogP contribution in [-0.4, -0.2) is 35.4 Å². The van der Waals surface area contributed by atoms with Gasteiger partial charge < -0.3 is 25.1 Å². The number of thiophene rings is 1. The number of nitrogens with zero attached hydrogens (tertiary/aromatic N) is 3. The summed E-state index contributed by atoms with van der Waals surface area (Å²) in [7, 11) is 0. The topological polar surface area (TPSA) is 97.1 Å². The van der Waals surface area contributed by atoms with Gasteiger partial charge in [-0.05, 0) is 49.9 Å². The highest BCUT2D eigenvalue weighted by Gasteiger charge is 2.34. The molecule has 2 aromatic heterocycles. The molecule has 33 heavy (non-hydrogen) atoms. The zero-order valence-corrected chi connectivity index (χ0v) is 20.2. The van der Waals surface area contributed by atoms with Crippen LogP contribution in [0.3, 0.4) is 0 Å². The Morgan fingerprint density at radius 3 is 2.58 bits per heavy atom. The molecule has 5 rings (SSSR count). The molecule has 1 aliphatic carbocycles. The molecule has 2 fully saturated rings. The van der Waals surface area contributed by atoms with Crippen molar-refractivity contribution in [2.75, 3.05) is 18.0 Å². The van der Waals surface area contributed by atoms with Gasteiger partial charge in [-0.1, -0.05) is 39.6 Å². The molecule has 0 atom stereocenters. The Bertz CT molecular complexity index is 1150. The van der Waals surface area contributed by atoms with Gasteiger partial charge in [0.05, 0.1) is 32.6 Å². The van der Waals surface area contributed by atoms with Crippen molar-refractivity contribution in [3.05, 3.63) is 56.6 Å². The fourth-order valence-electron chi connectivity index (χ4n) is 4.18. The molecule has 0 spiro atoms. The number of nitrogens with two attached hydrogens (primary N) is 1. The fraction of sp³-hybridized carbons (Fsp3) is 0.391. The Kier molecular flexibility index (Phi) is 6.51. The molecular weight excluding hydrogens is 483 g/mol. The first kappa shape index (κ1) is 22.5. The molecule has 1 aromatic carbocycles. The predicted molar refractivity (Wildman–Crippen MR) is 131 cm³/mol. The molecule has 0 bridgehead atoms. The Balaban J connectivity index is 1.26. The van der Waals surface area contributed by atoms with Gasteiger partial charge in [-0.3, -0.25) is 0 Å². The van der Waals surface area contributed by atoms with Crippen molar-refractivity contribution < 1.29 is 14.5 Å². The molecule has 174 valence electrons. The molecule has 3 aromatic rings. The lowest BCUT2D eigenvalue weighted by atomic mass is 10.0. The average molecular weight is 507 g/mol. The summed E-state index contributed by atoms with van der Waals surface area (Å²) in [5, 5.41) is 18.5. The number of piperidine rings is 1. The number of ether oxygens (including phenoxy) is 1. The number of amidine groups is 1. The van der Waals surface area contributed by atoms with E-state index < -0.39 is 0 Å². The van der Waals surface area contributed by atoms with Gasteiger partial charge in [0, 0.05) is 30.1 Å². The number of aromatic nitrogens is 1. The van der Waals surface area contributed by atoms with E-state index in [-0.39, 0.29) is 11.9 Å². The Hall–Kier alpha value is -2.26. The number of rotatable bonds is 7. The standard InChI is InChI=1S/C23H24Cl2N4O3S/c24-16-2-1-3-17(25)20(16)21-15(22(32-28-21)13-4-5-13)12-31-14-8-10-29(11-9-14)19-7-6-18(33-19)23(26)27-30/h1-3,6-7,13-14,30H,4-5,8-12H2,(H2,26,27). The Labute approximate surface area is 205 Å². The zero-order valence-electron chi connectivity index (χ0n) is 17.8. The summed E-state index contributed by atoms with van der Waals surface area (Å²) in [6.07, 6.45) is 4.16. The number of oxime groups is 1. The third-order valence-electron chi connectivity index (χ3n) is 6.14. The number of hydrogen-bond acceptors (Lipinski definition) is 7. The van der Waals surface area contributed by atoms with Gasteiger partial charge in [0.1, 0.15) is 11.5 Å². The molecule has 7 nitrogen and oxygen atoms in total. The lowest BCUT2D eigenvalue weighted by molar-refractivity contribution is 0.0247. The molecule has 0 radical (unpaired) electrons. The van der Waals surface area contributed by atoms with Crippen molar-refractivity contribution in [3.63, 3.8) is 0 Å². The second-order valence-corrected chi connectivity index (χ2v) is 10.2. The molecule has 2 aliphatic rings. The molecule has 0 amide bonds. The lowest BCUT2D eigenvalue weighted by Gasteiger charge is -2.32. The second-order valence-electron chi connectivity index (χ2n) is 8.37. The van der Waals surface area contributed by atoms with Crippen molar-refractivity contribution in [2.45, 2.75) is 44.3 Å². The number of halogens is 2. The lowest BCUT2D eigenvalue weighted by Crippen LogP contribution is -2.36. The van der Waals surface area contributed by atoms with E-state index in [4.69, 9.17) is 43.4 Å². The maximum Gasteiger partial charge on any atom is 0.180 e.